The molecule has 0 spiro atoms. The van der Waals surface area contributed by atoms with E-state index in [1.54, 1.807) is 12.1 Å². The number of ether oxygens (including phenoxy) is 1. The number of cyclic esters (lactones) is 1. The molecule has 0 bridgehead atoms. The van der Waals surface area contributed by atoms with Gasteiger partial charge in [-0.3, -0.25) is 9.08 Å². The number of carbonyl (C=O) groups is 1. The van der Waals surface area contributed by atoms with E-state index in [-0.39, 0.29) is 17.5 Å². The minimum atomic E-state index is -3.79. The highest BCUT2D eigenvalue weighted by Gasteiger charge is 2.43. The Labute approximate surface area is 117 Å². The molecule has 2 aliphatic heterocycles. The molecule has 2 saturated heterocycles. The molecular weight excluding hydrogens is 282 g/mol. The van der Waals surface area contributed by atoms with E-state index >= 15 is 0 Å². The molecule has 7 heteroatoms. The average Bonchev–Trinajstić information content (AvgIpc) is 2.92. The van der Waals surface area contributed by atoms with Crippen molar-refractivity contribution in [3.63, 3.8) is 0 Å². The summed E-state index contributed by atoms with van der Waals surface area (Å²) in [5.74, 6) is 0. The molecule has 0 saturated carbocycles. The fraction of sp³-hybridized carbons (Fsp3) is 0.462. The molecule has 1 aromatic rings. The first kappa shape index (κ1) is 13.4. The number of aryl methyl sites for hydroxylation is 1. The van der Waals surface area contributed by atoms with Crippen molar-refractivity contribution in [1.29, 1.82) is 0 Å². The van der Waals surface area contributed by atoms with Gasteiger partial charge in [-0.2, -0.15) is 8.42 Å². The van der Waals surface area contributed by atoms with E-state index in [9.17, 15) is 13.2 Å². The third-order valence-corrected chi connectivity index (χ3v) is 4.96. The van der Waals surface area contributed by atoms with Gasteiger partial charge in [0, 0.05) is 6.42 Å². The SMILES string of the molecule is Cc1ccc(S(=O)(=O)OC2CC3COC(=O)N3C2)cc1. The lowest BCUT2D eigenvalue weighted by atomic mass is 10.2. The highest BCUT2D eigenvalue weighted by molar-refractivity contribution is 7.86. The second-order valence-electron chi connectivity index (χ2n) is 5.10. The second kappa shape index (κ2) is 4.75. The standard InChI is InChI=1S/C13H15NO5S/c1-9-2-4-12(5-3-9)20(16,17)19-11-6-10-8-18-13(15)14(10)7-11/h2-5,10-11H,6-8H2,1H3. The van der Waals surface area contributed by atoms with Crippen molar-refractivity contribution < 1.29 is 22.1 Å². The minimum absolute atomic E-state index is 0.0688. The summed E-state index contributed by atoms with van der Waals surface area (Å²) in [4.78, 5) is 13.0. The van der Waals surface area contributed by atoms with Crippen LogP contribution in [0.25, 0.3) is 0 Å². The maximum Gasteiger partial charge on any atom is 0.410 e. The van der Waals surface area contributed by atoms with Gasteiger partial charge in [-0.25, -0.2) is 4.79 Å². The smallest absolute Gasteiger partial charge is 0.410 e. The lowest BCUT2D eigenvalue weighted by Crippen LogP contribution is -2.29. The van der Waals surface area contributed by atoms with Crippen LogP contribution < -0.4 is 0 Å². The number of amides is 1. The Hall–Kier alpha value is -1.60. The highest BCUT2D eigenvalue weighted by Crippen LogP contribution is 2.28. The molecule has 2 atom stereocenters. The first-order valence-electron chi connectivity index (χ1n) is 6.39. The monoisotopic (exact) mass is 297 g/mol. The van der Waals surface area contributed by atoms with Crippen LogP contribution in [0.2, 0.25) is 0 Å². The highest BCUT2D eigenvalue weighted by atomic mass is 32.2. The zero-order valence-corrected chi connectivity index (χ0v) is 11.8. The molecule has 2 unspecified atom stereocenters. The molecule has 6 nitrogen and oxygen atoms in total. The van der Waals surface area contributed by atoms with E-state index < -0.39 is 22.3 Å². The number of rotatable bonds is 3. The van der Waals surface area contributed by atoms with Gasteiger partial charge in [0.05, 0.1) is 23.6 Å². The Balaban J connectivity index is 1.72. The summed E-state index contributed by atoms with van der Waals surface area (Å²) < 4.78 is 34.4. The molecule has 2 aliphatic rings. The van der Waals surface area contributed by atoms with E-state index in [1.165, 1.54) is 17.0 Å². The van der Waals surface area contributed by atoms with Gasteiger partial charge in [0.1, 0.15) is 6.61 Å². The van der Waals surface area contributed by atoms with Crippen molar-refractivity contribution in [2.24, 2.45) is 0 Å². The van der Waals surface area contributed by atoms with Crippen LogP contribution in [0.3, 0.4) is 0 Å². The summed E-state index contributed by atoms with van der Waals surface area (Å²) in [5, 5.41) is 0. The minimum Gasteiger partial charge on any atom is -0.447 e. The van der Waals surface area contributed by atoms with E-state index in [0.29, 0.717) is 13.0 Å². The summed E-state index contributed by atoms with van der Waals surface area (Å²) in [5.41, 5.74) is 0.980. The molecule has 0 aliphatic carbocycles. The normalized spacial score (nSPS) is 25.6. The predicted molar refractivity (Wildman–Crippen MR) is 69.7 cm³/mol. The number of carbonyl (C=O) groups excluding carboxylic acids is 1. The maximum absolute atomic E-state index is 12.1. The first-order valence-corrected chi connectivity index (χ1v) is 7.80. The van der Waals surface area contributed by atoms with Gasteiger partial charge >= 0.3 is 6.09 Å². The molecule has 0 N–H and O–H groups in total. The summed E-state index contributed by atoms with van der Waals surface area (Å²) in [7, 11) is -3.79. The van der Waals surface area contributed by atoms with Crippen LogP contribution in [0.15, 0.2) is 29.2 Å². The Morgan fingerprint density at radius 3 is 2.65 bits per heavy atom. The first-order chi connectivity index (χ1) is 9.45. The van der Waals surface area contributed by atoms with E-state index in [0.717, 1.165) is 5.56 Å². The van der Waals surface area contributed by atoms with Gasteiger partial charge in [-0.05, 0) is 19.1 Å². The summed E-state index contributed by atoms with van der Waals surface area (Å²) in [6.07, 6.45) is -0.412. The van der Waals surface area contributed by atoms with Crippen LogP contribution >= 0.6 is 0 Å². The Kier molecular flexibility index (Phi) is 3.18. The van der Waals surface area contributed by atoms with Crippen LogP contribution in [0, 0.1) is 6.92 Å². The van der Waals surface area contributed by atoms with Crippen molar-refractivity contribution in [2.45, 2.75) is 30.4 Å². The van der Waals surface area contributed by atoms with E-state index in [4.69, 9.17) is 8.92 Å². The summed E-state index contributed by atoms with van der Waals surface area (Å²) in [6.45, 7) is 2.45. The number of hydrogen-bond acceptors (Lipinski definition) is 5. The number of hydrogen-bond donors (Lipinski definition) is 0. The average molecular weight is 297 g/mol. The van der Waals surface area contributed by atoms with Crippen LogP contribution in [0.4, 0.5) is 4.79 Å². The second-order valence-corrected chi connectivity index (χ2v) is 6.68. The summed E-state index contributed by atoms with van der Waals surface area (Å²) in [6, 6.07) is 6.42. The van der Waals surface area contributed by atoms with E-state index in [1.807, 2.05) is 6.92 Å². The largest absolute Gasteiger partial charge is 0.447 e. The Morgan fingerprint density at radius 1 is 1.30 bits per heavy atom. The Bertz CT molecular complexity index is 625. The van der Waals surface area contributed by atoms with Crippen LogP contribution in [0.5, 0.6) is 0 Å². The third-order valence-electron chi connectivity index (χ3n) is 3.58. The third kappa shape index (κ3) is 2.38. The molecule has 1 amide bonds. The van der Waals surface area contributed by atoms with Gasteiger partial charge in [0.15, 0.2) is 0 Å². The molecule has 108 valence electrons. The molecular formula is C13H15NO5S. The number of nitrogens with zero attached hydrogens (tertiary/aromatic N) is 1. The number of benzene rings is 1. The van der Waals surface area contributed by atoms with Crippen molar-refractivity contribution >= 4 is 16.2 Å². The van der Waals surface area contributed by atoms with Gasteiger partial charge in [-0.1, -0.05) is 17.7 Å². The van der Waals surface area contributed by atoms with Crippen molar-refractivity contribution in [2.75, 3.05) is 13.2 Å². The van der Waals surface area contributed by atoms with Gasteiger partial charge in [0.2, 0.25) is 0 Å². The van der Waals surface area contributed by atoms with Crippen LogP contribution in [-0.4, -0.2) is 44.7 Å². The zero-order chi connectivity index (χ0) is 14.3. The maximum atomic E-state index is 12.1. The molecule has 1 aromatic carbocycles. The number of fused-ring (bicyclic) bond motifs is 1. The zero-order valence-electron chi connectivity index (χ0n) is 11.0. The molecule has 0 radical (unpaired) electrons. The van der Waals surface area contributed by atoms with Crippen molar-refractivity contribution in [1.82, 2.24) is 4.90 Å². The molecule has 3 rings (SSSR count). The quantitative estimate of drug-likeness (QED) is 0.786. The lowest BCUT2D eigenvalue weighted by Gasteiger charge is -2.13. The summed E-state index contributed by atoms with van der Waals surface area (Å²) >= 11 is 0. The Morgan fingerprint density at radius 2 is 2.00 bits per heavy atom. The van der Waals surface area contributed by atoms with Gasteiger partial charge in [0.25, 0.3) is 10.1 Å². The molecule has 0 aromatic heterocycles. The van der Waals surface area contributed by atoms with E-state index in [2.05, 4.69) is 0 Å². The van der Waals surface area contributed by atoms with Gasteiger partial charge in [-0.15, -0.1) is 0 Å². The molecule has 2 fully saturated rings. The lowest BCUT2D eigenvalue weighted by molar-refractivity contribution is 0.145. The van der Waals surface area contributed by atoms with Crippen LogP contribution in [-0.2, 0) is 19.0 Å². The molecule has 2 heterocycles. The topological polar surface area (TPSA) is 72.9 Å². The van der Waals surface area contributed by atoms with Crippen LogP contribution in [0.1, 0.15) is 12.0 Å². The fourth-order valence-electron chi connectivity index (χ4n) is 2.52. The molecule has 20 heavy (non-hydrogen) atoms. The predicted octanol–water partition coefficient (Wildman–Crippen LogP) is 1.29. The van der Waals surface area contributed by atoms with Crippen molar-refractivity contribution in [3.8, 4) is 0 Å². The van der Waals surface area contributed by atoms with Gasteiger partial charge < -0.3 is 4.74 Å². The fourth-order valence-corrected chi connectivity index (χ4v) is 3.59. The van der Waals surface area contributed by atoms with Crippen molar-refractivity contribution in [3.05, 3.63) is 29.8 Å².